The van der Waals surface area contributed by atoms with Crippen molar-refractivity contribution >= 4 is 11.8 Å². The number of rotatable bonds is 3. The smallest absolute Gasteiger partial charge is 0.382 e. The standard InChI is InChI=1S/C12H18F3N3O3/c1-11(2,3)8-5-9(17-21-8)16-10(20)18(4)6-7(19)12(13,14)15/h5,7,19H,6H2,1-4H3,(H,16,17,20). The van der Waals surface area contributed by atoms with E-state index in [0.29, 0.717) is 10.7 Å². The lowest BCUT2D eigenvalue weighted by atomic mass is 9.93. The second-order valence-corrected chi connectivity index (χ2v) is 5.69. The number of amides is 2. The van der Waals surface area contributed by atoms with Gasteiger partial charge < -0.3 is 14.5 Å². The minimum absolute atomic E-state index is 0.0956. The van der Waals surface area contributed by atoms with Crippen molar-refractivity contribution in [3.05, 3.63) is 11.8 Å². The topological polar surface area (TPSA) is 78.6 Å². The van der Waals surface area contributed by atoms with Crippen LogP contribution in [0.15, 0.2) is 10.6 Å². The highest BCUT2D eigenvalue weighted by Crippen LogP contribution is 2.24. The number of likely N-dealkylation sites (N-methyl/N-ethyl adjacent to an activating group) is 1. The van der Waals surface area contributed by atoms with Gasteiger partial charge in [-0.2, -0.15) is 13.2 Å². The molecule has 0 fully saturated rings. The number of carbonyl (C=O) groups is 1. The lowest BCUT2D eigenvalue weighted by molar-refractivity contribution is -0.205. The molecule has 2 amide bonds. The van der Waals surface area contributed by atoms with Crippen molar-refractivity contribution in [2.75, 3.05) is 18.9 Å². The van der Waals surface area contributed by atoms with Gasteiger partial charge in [-0.25, -0.2) is 4.79 Å². The van der Waals surface area contributed by atoms with Crippen molar-refractivity contribution in [3.8, 4) is 0 Å². The van der Waals surface area contributed by atoms with Gasteiger partial charge in [-0.1, -0.05) is 25.9 Å². The third-order valence-electron chi connectivity index (χ3n) is 2.66. The molecule has 0 aromatic carbocycles. The molecular weight excluding hydrogens is 291 g/mol. The molecule has 120 valence electrons. The molecule has 1 aromatic heterocycles. The maximum Gasteiger partial charge on any atom is 0.416 e. The first kappa shape index (κ1) is 17.3. The Morgan fingerprint density at radius 1 is 1.48 bits per heavy atom. The summed E-state index contributed by atoms with van der Waals surface area (Å²) in [5, 5.41) is 14.8. The Morgan fingerprint density at radius 3 is 2.48 bits per heavy atom. The summed E-state index contributed by atoms with van der Waals surface area (Å²) in [5.41, 5.74) is -0.311. The molecule has 1 unspecified atom stereocenters. The van der Waals surface area contributed by atoms with Gasteiger partial charge in [0, 0.05) is 18.5 Å². The van der Waals surface area contributed by atoms with E-state index in [1.165, 1.54) is 6.07 Å². The van der Waals surface area contributed by atoms with E-state index in [0.717, 1.165) is 7.05 Å². The van der Waals surface area contributed by atoms with Crippen LogP contribution in [0.5, 0.6) is 0 Å². The predicted octanol–water partition coefficient (Wildman–Crippen LogP) is 2.36. The maximum atomic E-state index is 12.2. The molecule has 0 aliphatic carbocycles. The normalized spacial score (nSPS) is 13.9. The van der Waals surface area contributed by atoms with E-state index in [9.17, 15) is 18.0 Å². The van der Waals surface area contributed by atoms with Crippen LogP contribution in [0.3, 0.4) is 0 Å². The van der Waals surface area contributed by atoms with Crippen LogP contribution in [0.1, 0.15) is 26.5 Å². The van der Waals surface area contributed by atoms with Gasteiger partial charge in [0.2, 0.25) is 0 Å². The summed E-state index contributed by atoms with van der Waals surface area (Å²) in [6.07, 6.45) is -7.38. The molecule has 21 heavy (non-hydrogen) atoms. The second-order valence-electron chi connectivity index (χ2n) is 5.69. The summed E-state index contributed by atoms with van der Waals surface area (Å²) < 4.78 is 41.6. The number of halogens is 3. The van der Waals surface area contributed by atoms with E-state index >= 15 is 0 Å². The number of aliphatic hydroxyl groups is 1. The number of hydrogen-bond donors (Lipinski definition) is 2. The first-order chi connectivity index (χ1) is 9.41. The molecule has 6 nitrogen and oxygen atoms in total. The Morgan fingerprint density at radius 2 is 2.05 bits per heavy atom. The van der Waals surface area contributed by atoms with Crippen LogP contribution < -0.4 is 5.32 Å². The number of aromatic nitrogens is 1. The first-order valence-electron chi connectivity index (χ1n) is 6.15. The van der Waals surface area contributed by atoms with Crippen LogP contribution in [0.25, 0.3) is 0 Å². The quantitative estimate of drug-likeness (QED) is 0.898. The largest absolute Gasteiger partial charge is 0.416 e. The highest BCUT2D eigenvalue weighted by Gasteiger charge is 2.39. The van der Waals surface area contributed by atoms with Gasteiger partial charge in [0.15, 0.2) is 11.9 Å². The average Bonchev–Trinajstić information content (AvgIpc) is 2.75. The van der Waals surface area contributed by atoms with Gasteiger partial charge >= 0.3 is 12.2 Å². The zero-order valence-electron chi connectivity index (χ0n) is 12.2. The molecule has 9 heteroatoms. The molecule has 1 rings (SSSR count). The predicted molar refractivity (Wildman–Crippen MR) is 68.9 cm³/mol. The Kier molecular flexibility index (Phi) is 4.87. The van der Waals surface area contributed by atoms with E-state index in [-0.39, 0.29) is 11.2 Å². The van der Waals surface area contributed by atoms with Crippen molar-refractivity contribution < 1.29 is 27.6 Å². The number of hydrogen-bond acceptors (Lipinski definition) is 4. The number of aliphatic hydroxyl groups excluding tert-OH is 1. The minimum Gasteiger partial charge on any atom is -0.382 e. The number of urea groups is 1. The fourth-order valence-corrected chi connectivity index (χ4v) is 1.34. The van der Waals surface area contributed by atoms with Crippen LogP contribution in [0.4, 0.5) is 23.8 Å². The van der Waals surface area contributed by atoms with E-state index in [1.807, 2.05) is 20.8 Å². The van der Waals surface area contributed by atoms with Crippen molar-refractivity contribution in [3.63, 3.8) is 0 Å². The summed E-state index contributed by atoms with van der Waals surface area (Å²) in [6.45, 7) is 4.76. The van der Waals surface area contributed by atoms with Crippen molar-refractivity contribution in [1.82, 2.24) is 10.1 Å². The van der Waals surface area contributed by atoms with Crippen LogP contribution in [0, 0.1) is 0 Å². The molecule has 1 aromatic rings. The Balaban J connectivity index is 2.63. The lowest BCUT2D eigenvalue weighted by Crippen LogP contribution is -2.43. The summed E-state index contributed by atoms with van der Waals surface area (Å²) >= 11 is 0. The zero-order valence-corrected chi connectivity index (χ0v) is 12.2. The Hall–Kier alpha value is -1.77. The molecule has 0 spiro atoms. The van der Waals surface area contributed by atoms with Crippen LogP contribution in [-0.4, -0.2) is 47.1 Å². The molecule has 0 bridgehead atoms. The summed E-state index contributed by atoms with van der Waals surface area (Å²) in [6, 6.07) is 0.665. The Bertz CT molecular complexity index is 494. The van der Waals surface area contributed by atoms with Gasteiger partial charge in [-0.3, -0.25) is 5.32 Å². The number of alkyl halides is 3. The van der Waals surface area contributed by atoms with Gasteiger partial charge in [0.05, 0.1) is 6.54 Å². The highest BCUT2D eigenvalue weighted by atomic mass is 19.4. The number of carbonyl (C=O) groups excluding carboxylic acids is 1. The first-order valence-corrected chi connectivity index (χ1v) is 6.15. The molecule has 1 atom stereocenters. The molecule has 0 radical (unpaired) electrons. The third-order valence-corrected chi connectivity index (χ3v) is 2.66. The third kappa shape index (κ3) is 4.92. The van der Waals surface area contributed by atoms with E-state index in [1.54, 1.807) is 0 Å². The molecular formula is C12H18F3N3O3. The fraction of sp³-hybridized carbons (Fsp3) is 0.667. The fourth-order valence-electron chi connectivity index (χ4n) is 1.34. The summed E-state index contributed by atoms with van der Waals surface area (Å²) in [5.74, 6) is 0.619. The molecule has 2 N–H and O–H groups in total. The highest BCUT2D eigenvalue weighted by molar-refractivity contribution is 5.88. The Labute approximate surface area is 119 Å². The van der Waals surface area contributed by atoms with Crippen LogP contribution in [-0.2, 0) is 5.41 Å². The SMILES string of the molecule is CN(CC(O)C(F)(F)F)C(=O)Nc1cc(C(C)(C)C)on1. The van der Waals surface area contributed by atoms with Gasteiger partial charge in [0.1, 0.15) is 5.76 Å². The van der Waals surface area contributed by atoms with Crippen LogP contribution in [0.2, 0.25) is 0 Å². The minimum atomic E-state index is -4.78. The number of nitrogens with one attached hydrogen (secondary N) is 1. The molecule has 0 aliphatic rings. The zero-order chi connectivity index (χ0) is 16.4. The van der Waals surface area contributed by atoms with Crippen molar-refractivity contribution in [1.29, 1.82) is 0 Å². The van der Waals surface area contributed by atoms with Gasteiger partial charge in [-0.15, -0.1) is 0 Å². The maximum absolute atomic E-state index is 12.2. The average molecular weight is 309 g/mol. The monoisotopic (exact) mass is 309 g/mol. The van der Waals surface area contributed by atoms with Crippen molar-refractivity contribution in [2.24, 2.45) is 0 Å². The van der Waals surface area contributed by atoms with Crippen molar-refractivity contribution in [2.45, 2.75) is 38.5 Å². The molecule has 0 aliphatic heterocycles. The summed E-state index contributed by atoms with van der Waals surface area (Å²) in [4.78, 5) is 12.4. The van der Waals surface area contributed by atoms with Gasteiger partial charge in [0.25, 0.3) is 0 Å². The molecule has 0 saturated heterocycles. The van der Waals surface area contributed by atoms with Crippen LogP contribution >= 0.6 is 0 Å². The number of anilines is 1. The second kappa shape index (κ2) is 5.92. The van der Waals surface area contributed by atoms with Gasteiger partial charge in [-0.05, 0) is 0 Å². The van der Waals surface area contributed by atoms with E-state index < -0.39 is 24.9 Å². The van der Waals surface area contributed by atoms with E-state index in [4.69, 9.17) is 9.63 Å². The summed E-state index contributed by atoms with van der Waals surface area (Å²) in [7, 11) is 1.13. The molecule has 1 heterocycles. The molecule has 0 saturated carbocycles. The van der Waals surface area contributed by atoms with E-state index in [2.05, 4.69) is 10.5 Å². The number of nitrogens with zero attached hydrogens (tertiary/aromatic N) is 2. The lowest BCUT2D eigenvalue weighted by Gasteiger charge is -2.22.